The maximum atomic E-state index is 15.3. The van der Waals surface area contributed by atoms with E-state index >= 15 is 9.59 Å². The van der Waals surface area contributed by atoms with Crippen LogP contribution in [-0.4, -0.2) is 37.3 Å². The Kier molecular flexibility index (Phi) is 18.7. The molecule has 0 atom stereocenters. The molecule has 562 valence electrons. The topological polar surface area (TPSA) is 124 Å². The molecule has 0 spiro atoms. The van der Waals surface area contributed by atoms with Gasteiger partial charge in [-0.2, -0.15) is 0 Å². The summed E-state index contributed by atoms with van der Waals surface area (Å²) in [5.74, 6) is 0.604. The molecule has 12 heteroatoms. The monoisotopic (exact) mass is 1490 g/mol. The van der Waals surface area contributed by atoms with Crippen LogP contribution in [-0.2, 0) is 45.4 Å². The molecule has 4 heterocycles. The quantitative estimate of drug-likeness (QED) is 0.0315. The number of carbonyl (C=O) groups excluding carboxylic acids is 4. The van der Waals surface area contributed by atoms with Crippen LogP contribution in [0.3, 0.4) is 0 Å². The fourth-order valence-electron chi connectivity index (χ4n) is 18.2. The minimum atomic E-state index is -0.517. The van der Waals surface area contributed by atoms with Crippen LogP contribution < -0.4 is 42.3 Å². The van der Waals surface area contributed by atoms with Crippen molar-refractivity contribution >= 4 is 102 Å². The molecule has 18 rings (SSSR count). The van der Waals surface area contributed by atoms with Gasteiger partial charge in [0.1, 0.15) is 49.4 Å². The first kappa shape index (κ1) is 73.2. The van der Waals surface area contributed by atoms with Gasteiger partial charge < -0.3 is 28.4 Å². The van der Waals surface area contributed by atoms with Crippen LogP contribution in [0.1, 0.15) is 216 Å². The maximum Gasteiger partial charge on any atom is 0.338 e. The molecule has 0 unspecified atom stereocenters. The lowest BCUT2D eigenvalue weighted by Gasteiger charge is -2.38. The summed E-state index contributed by atoms with van der Waals surface area (Å²) >= 11 is 0. The standard InChI is InChI=1S/C102H88B2O10/c1-55(2)67-37-71(57(5)6)91(72(38-67)58(7)8)75-47-77-81-41-69(101(107)111-53-63-29-21-15-22-30-63)45-89-97(81)104(84-36-34-66(44-88(84)113-89)100(106)110-52-62-27-19-14-20-28-62)86-50-80-76(92-73(59(9)10)39-68(56(3)4)40-74(92)60(11)12)48-78-82-42-70(102(108)112-54-64-31-23-16-24-32-64)46-90-98(82)103(85-49-79(75)95(93(77)86)96(80)94(78)85)83-35-33-65(43-87(83)114-90)99(105)109-51-61-25-17-13-18-26-61/h13-50,55-60H,51-54H2,1-12H3. The molecule has 4 aliphatic rings. The van der Waals surface area contributed by atoms with Gasteiger partial charge in [-0.05, 0) is 250 Å². The van der Waals surface area contributed by atoms with Gasteiger partial charge in [0.25, 0.3) is 13.4 Å². The first-order valence-electron chi connectivity index (χ1n) is 40.2. The number of rotatable bonds is 20. The van der Waals surface area contributed by atoms with Crippen molar-refractivity contribution < 1.29 is 47.6 Å². The largest absolute Gasteiger partial charge is 0.458 e. The zero-order chi connectivity index (χ0) is 78.8. The molecule has 0 aliphatic carbocycles. The van der Waals surface area contributed by atoms with Crippen molar-refractivity contribution in [3.05, 3.63) is 308 Å². The Morgan fingerprint density at radius 2 is 0.579 bits per heavy atom. The second kappa shape index (κ2) is 29.0. The van der Waals surface area contributed by atoms with Crippen LogP contribution in [0.25, 0.3) is 76.8 Å². The van der Waals surface area contributed by atoms with Crippen LogP contribution >= 0.6 is 0 Å². The third-order valence-corrected chi connectivity index (χ3v) is 23.9. The van der Waals surface area contributed by atoms with E-state index in [4.69, 9.17) is 28.4 Å². The van der Waals surface area contributed by atoms with Crippen LogP contribution in [0, 0.1) is 0 Å². The SMILES string of the molecule is CC(C)c1cc(C(C)C)c(-c2cc3c4c(cc5c(-c6c(C(C)C)cc(C(C)C)cc6C(C)C)cc6c7c(cc2c4c57)B2c4ccc(C(=O)OCc5ccccc5)cc4Oc4cc(C(=O)OCc5ccccc5)cc-6c42)B2c4ccc(C(=O)OCc5ccccc5)cc4Oc4cc(C(=O)OCc5ccccc5)cc-3c42)c(C(C)C)c1. The van der Waals surface area contributed by atoms with Crippen molar-refractivity contribution in [3.8, 4) is 67.5 Å². The van der Waals surface area contributed by atoms with Crippen molar-refractivity contribution in [1.82, 2.24) is 0 Å². The van der Waals surface area contributed by atoms with Crippen LogP contribution in [0.4, 0.5) is 0 Å². The molecule has 114 heavy (non-hydrogen) atoms. The number of ether oxygens (including phenoxy) is 6. The van der Waals surface area contributed by atoms with Crippen LogP contribution in [0.5, 0.6) is 23.0 Å². The first-order chi connectivity index (χ1) is 55.1. The Bertz CT molecular complexity index is 5840. The van der Waals surface area contributed by atoms with E-state index in [1.165, 1.54) is 33.4 Å². The lowest BCUT2D eigenvalue weighted by atomic mass is 9.31. The Hall–Kier alpha value is -12.3. The first-order valence-corrected chi connectivity index (χ1v) is 40.2. The molecule has 0 radical (unpaired) electrons. The molecule has 14 aromatic rings. The highest BCUT2D eigenvalue weighted by Crippen LogP contribution is 2.55. The zero-order valence-corrected chi connectivity index (χ0v) is 66.5. The fourth-order valence-corrected chi connectivity index (χ4v) is 18.2. The second-order valence-corrected chi connectivity index (χ2v) is 33.2. The summed E-state index contributed by atoms with van der Waals surface area (Å²) in [7, 11) is 0. The summed E-state index contributed by atoms with van der Waals surface area (Å²) in [5, 5.41) is 6.22. The summed E-state index contributed by atoms with van der Waals surface area (Å²) in [6, 6.07) is 77.4. The summed E-state index contributed by atoms with van der Waals surface area (Å²) < 4.78 is 39.4. The Balaban J connectivity index is 0.999. The van der Waals surface area contributed by atoms with Crippen molar-refractivity contribution in [2.24, 2.45) is 0 Å². The summed E-state index contributed by atoms with van der Waals surface area (Å²) in [5.41, 5.74) is 25.6. The molecular formula is C102H88B2O10. The third-order valence-electron chi connectivity index (χ3n) is 23.9. The second-order valence-electron chi connectivity index (χ2n) is 33.2. The fraction of sp³-hybridized carbons (Fsp3) is 0.216. The highest BCUT2D eigenvalue weighted by molar-refractivity contribution is 7.01. The number of fused-ring (bicyclic) bond motifs is 8. The zero-order valence-electron chi connectivity index (χ0n) is 66.5. The average molecular weight is 1500 g/mol. The van der Waals surface area contributed by atoms with E-state index in [1.807, 2.05) is 170 Å². The third kappa shape index (κ3) is 12.6. The van der Waals surface area contributed by atoms with E-state index < -0.39 is 37.3 Å². The number of hydrogen-bond acceptors (Lipinski definition) is 10. The molecule has 0 saturated carbocycles. The number of benzene rings is 14. The van der Waals surface area contributed by atoms with E-state index in [0.717, 1.165) is 132 Å². The molecule has 0 bridgehead atoms. The minimum Gasteiger partial charge on any atom is -0.458 e. The predicted octanol–water partition coefficient (Wildman–Crippen LogP) is 21.3. The van der Waals surface area contributed by atoms with Gasteiger partial charge in [0.05, 0.1) is 22.3 Å². The van der Waals surface area contributed by atoms with Gasteiger partial charge in [-0.25, -0.2) is 19.2 Å². The van der Waals surface area contributed by atoms with Crippen molar-refractivity contribution in [3.63, 3.8) is 0 Å². The molecule has 10 nitrogen and oxygen atoms in total. The molecule has 0 aromatic heterocycles. The normalized spacial score (nSPS) is 12.7. The van der Waals surface area contributed by atoms with Gasteiger partial charge in [0, 0.05) is 0 Å². The molecule has 14 aromatic carbocycles. The van der Waals surface area contributed by atoms with Gasteiger partial charge in [-0.3, -0.25) is 0 Å². The van der Waals surface area contributed by atoms with Crippen molar-refractivity contribution in [1.29, 1.82) is 0 Å². The molecule has 0 amide bonds. The van der Waals surface area contributed by atoms with Crippen molar-refractivity contribution in [2.75, 3.05) is 0 Å². The Morgan fingerprint density at radius 1 is 0.281 bits per heavy atom. The van der Waals surface area contributed by atoms with Gasteiger partial charge >= 0.3 is 23.9 Å². The van der Waals surface area contributed by atoms with Gasteiger partial charge in [-0.1, -0.05) is 264 Å². The van der Waals surface area contributed by atoms with Gasteiger partial charge in [-0.15, -0.1) is 0 Å². The molecule has 0 saturated heterocycles. The highest BCUT2D eigenvalue weighted by Gasteiger charge is 2.46. The van der Waals surface area contributed by atoms with Crippen LogP contribution in [0.2, 0.25) is 0 Å². The number of hydrogen-bond donors (Lipinski definition) is 0. The number of carbonyl (C=O) groups is 4. The van der Waals surface area contributed by atoms with Gasteiger partial charge in [0.2, 0.25) is 0 Å². The lowest BCUT2D eigenvalue weighted by Crippen LogP contribution is -2.58. The summed E-state index contributed by atoms with van der Waals surface area (Å²) in [6.45, 7) is 26.8. The molecule has 4 aliphatic heterocycles. The predicted molar refractivity (Wildman–Crippen MR) is 461 cm³/mol. The van der Waals surface area contributed by atoms with E-state index in [1.54, 1.807) is 12.1 Å². The highest BCUT2D eigenvalue weighted by atomic mass is 16.5. The smallest absolute Gasteiger partial charge is 0.338 e. The minimum absolute atomic E-state index is 0.0491. The van der Waals surface area contributed by atoms with E-state index in [0.29, 0.717) is 45.3 Å². The molecule has 0 N–H and O–H groups in total. The summed E-state index contributed by atoms with van der Waals surface area (Å²) in [4.78, 5) is 59.6. The van der Waals surface area contributed by atoms with E-state index in [2.05, 4.69) is 132 Å². The van der Waals surface area contributed by atoms with Crippen molar-refractivity contribution in [2.45, 2.75) is 145 Å². The number of esters is 4. The lowest BCUT2D eigenvalue weighted by molar-refractivity contribution is 0.0463. The maximum absolute atomic E-state index is 15.3. The summed E-state index contributed by atoms with van der Waals surface area (Å²) in [6.07, 6.45) is 0. The van der Waals surface area contributed by atoms with E-state index in [-0.39, 0.29) is 61.9 Å². The van der Waals surface area contributed by atoms with E-state index in [9.17, 15) is 9.59 Å². The average Bonchev–Trinajstić information content (AvgIpc) is 0.664. The van der Waals surface area contributed by atoms with Crippen LogP contribution in [0.15, 0.2) is 231 Å². The Labute approximate surface area is 666 Å². The Morgan fingerprint density at radius 3 is 0.877 bits per heavy atom. The molecule has 0 fully saturated rings. The molecular weight excluding hydrogens is 1410 g/mol. The van der Waals surface area contributed by atoms with Gasteiger partial charge in [0.15, 0.2) is 0 Å².